The summed E-state index contributed by atoms with van der Waals surface area (Å²) in [7, 11) is 0. The van der Waals surface area contributed by atoms with Crippen molar-refractivity contribution in [2.75, 3.05) is 17.6 Å². The number of hydrogen-bond donors (Lipinski definition) is 1. The molecule has 88 valence electrons. The molecule has 3 nitrogen and oxygen atoms in total. The molecule has 0 bridgehead atoms. The Kier molecular flexibility index (Phi) is 3.93. The van der Waals surface area contributed by atoms with E-state index in [4.69, 9.17) is 16.9 Å². The maximum absolute atomic E-state index is 8.78. The summed E-state index contributed by atoms with van der Waals surface area (Å²) in [5, 5.41) is 13.4. The van der Waals surface area contributed by atoms with Gasteiger partial charge in [-0.05, 0) is 24.1 Å². The highest BCUT2D eigenvalue weighted by molar-refractivity contribution is 8.14. The molecule has 0 saturated carbocycles. The molecule has 17 heavy (non-hydrogen) atoms. The van der Waals surface area contributed by atoms with Crippen LogP contribution in [0.4, 0.5) is 5.69 Å². The van der Waals surface area contributed by atoms with Crippen LogP contribution in [0, 0.1) is 17.2 Å². The highest BCUT2D eigenvalue weighted by Crippen LogP contribution is 2.23. The van der Waals surface area contributed by atoms with Crippen molar-refractivity contribution in [3.8, 4) is 6.07 Å². The number of amidine groups is 1. The molecule has 0 fully saturated rings. The summed E-state index contributed by atoms with van der Waals surface area (Å²) in [4.78, 5) is 4.44. The summed E-state index contributed by atoms with van der Waals surface area (Å²) in [5.74, 6) is 1.71. The first-order valence-electron chi connectivity index (χ1n) is 5.33. The Morgan fingerprint density at radius 2 is 2.41 bits per heavy atom. The van der Waals surface area contributed by atoms with E-state index in [0.29, 0.717) is 16.5 Å². The van der Waals surface area contributed by atoms with Crippen molar-refractivity contribution in [3.63, 3.8) is 0 Å². The van der Waals surface area contributed by atoms with Gasteiger partial charge in [0.1, 0.15) is 6.07 Å². The Hall–Kier alpha value is -1.18. The summed E-state index contributed by atoms with van der Waals surface area (Å²) in [6.45, 7) is 3.05. The molecule has 1 unspecified atom stereocenters. The lowest BCUT2D eigenvalue weighted by Crippen LogP contribution is -2.18. The van der Waals surface area contributed by atoms with E-state index in [2.05, 4.69) is 17.2 Å². The van der Waals surface area contributed by atoms with Gasteiger partial charge in [0, 0.05) is 18.0 Å². The molecule has 1 N–H and O–H groups in total. The molecule has 0 radical (unpaired) electrons. The first kappa shape index (κ1) is 12.3. The number of halogens is 1. The Labute approximate surface area is 110 Å². The van der Waals surface area contributed by atoms with Gasteiger partial charge in [0.05, 0.1) is 10.6 Å². The number of nitrogens with zero attached hydrogens (tertiary/aromatic N) is 2. The van der Waals surface area contributed by atoms with Crippen molar-refractivity contribution in [1.82, 2.24) is 0 Å². The molecule has 0 aliphatic carbocycles. The van der Waals surface area contributed by atoms with Crippen molar-refractivity contribution < 1.29 is 0 Å². The van der Waals surface area contributed by atoms with Gasteiger partial charge in [-0.2, -0.15) is 5.26 Å². The van der Waals surface area contributed by atoms with Crippen molar-refractivity contribution in [1.29, 1.82) is 5.26 Å². The van der Waals surface area contributed by atoms with Crippen LogP contribution < -0.4 is 5.32 Å². The van der Waals surface area contributed by atoms with Crippen LogP contribution >= 0.6 is 23.4 Å². The molecule has 5 heteroatoms. The number of aliphatic imine (C=N–C) groups is 1. The minimum absolute atomic E-state index is 0.465. The lowest BCUT2D eigenvalue weighted by molar-refractivity contribution is 0.674. The molecule has 0 saturated heterocycles. The third-order valence-corrected chi connectivity index (χ3v) is 3.94. The molecule has 1 atom stereocenters. The first-order chi connectivity index (χ1) is 8.19. The lowest BCUT2D eigenvalue weighted by Gasteiger charge is -2.18. The zero-order valence-electron chi connectivity index (χ0n) is 9.40. The third kappa shape index (κ3) is 3.15. The fourth-order valence-electron chi connectivity index (χ4n) is 1.44. The number of rotatable bonds is 1. The van der Waals surface area contributed by atoms with E-state index in [-0.39, 0.29) is 0 Å². The smallest absolute Gasteiger partial charge is 0.161 e. The van der Waals surface area contributed by atoms with Gasteiger partial charge in [-0.25, -0.2) is 0 Å². The Bertz CT molecular complexity index is 493. The average Bonchev–Trinajstić information content (AvgIpc) is 2.32. The summed E-state index contributed by atoms with van der Waals surface area (Å²) in [6, 6.07) is 7.34. The van der Waals surface area contributed by atoms with E-state index in [0.717, 1.165) is 23.2 Å². The van der Waals surface area contributed by atoms with E-state index < -0.39 is 0 Å². The van der Waals surface area contributed by atoms with E-state index >= 15 is 0 Å². The van der Waals surface area contributed by atoms with Crippen molar-refractivity contribution in [2.24, 2.45) is 10.9 Å². The molecule has 0 aromatic heterocycles. The molecule has 1 aliphatic heterocycles. The quantitative estimate of drug-likeness (QED) is 0.847. The summed E-state index contributed by atoms with van der Waals surface area (Å²) in [5.41, 5.74) is 1.36. The van der Waals surface area contributed by atoms with Gasteiger partial charge in [-0.15, -0.1) is 0 Å². The van der Waals surface area contributed by atoms with Gasteiger partial charge in [0.15, 0.2) is 5.17 Å². The standard InChI is InChI=1S/C12H12ClN3S/c1-8-6-15-12(17-7-8)16-10-3-2-9(5-14)11(13)4-10/h2-4,8H,6-7H2,1H3,(H,15,16). The number of anilines is 1. The van der Waals surface area contributed by atoms with Crippen LogP contribution in [0.25, 0.3) is 0 Å². The summed E-state index contributed by atoms with van der Waals surface area (Å²) >= 11 is 7.67. The fraction of sp³-hybridized carbons (Fsp3) is 0.333. The van der Waals surface area contributed by atoms with E-state index in [1.54, 1.807) is 23.9 Å². The largest absolute Gasteiger partial charge is 0.335 e. The minimum Gasteiger partial charge on any atom is -0.335 e. The molecule has 0 spiro atoms. The van der Waals surface area contributed by atoms with Crippen molar-refractivity contribution in [3.05, 3.63) is 28.8 Å². The molecule has 0 amide bonds. The molecule has 1 aromatic rings. The number of thioether (sulfide) groups is 1. The number of nitriles is 1. The molecule has 1 heterocycles. The van der Waals surface area contributed by atoms with Gasteiger partial charge in [-0.1, -0.05) is 30.3 Å². The summed E-state index contributed by atoms with van der Waals surface area (Å²) in [6.07, 6.45) is 0. The van der Waals surface area contributed by atoms with Crippen LogP contribution in [0.15, 0.2) is 23.2 Å². The van der Waals surface area contributed by atoms with E-state index in [9.17, 15) is 0 Å². The average molecular weight is 266 g/mol. The number of hydrogen-bond acceptors (Lipinski definition) is 4. The fourth-order valence-corrected chi connectivity index (χ4v) is 2.57. The topological polar surface area (TPSA) is 48.2 Å². The van der Waals surface area contributed by atoms with E-state index in [1.165, 1.54) is 0 Å². The maximum atomic E-state index is 8.78. The van der Waals surface area contributed by atoms with Crippen LogP contribution in [0.2, 0.25) is 5.02 Å². The zero-order chi connectivity index (χ0) is 12.3. The molecular formula is C12H12ClN3S. The maximum Gasteiger partial charge on any atom is 0.161 e. The Morgan fingerprint density at radius 3 is 3.00 bits per heavy atom. The molecule has 1 aliphatic rings. The van der Waals surface area contributed by atoms with Gasteiger partial charge in [0.2, 0.25) is 0 Å². The highest BCUT2D eigenvalue weighted by Gasteiger charge is 2.12. The first-order valence-corrected chi connectivity index (χ1v) is 6.69. The van der Waals surface area contributed by atoms with Crippen LogP contribution in [0.1, 0.15) is 12.5 Å². The number of nitrogens with one attached hydrogen (secondary N) is 1. The number of benzene rings is 1. The van der Waals surface area contributed by atoms with Crippen LogP contribution in [-0.4, -0.2) is 17.5 Å². The van der Waals surface area contributed by atoms with Gasteiger partial charge in [-0.3, -0.25) is 4.99 Å². The SMILES string of the molecule is CC1CN=C(Nc2ccc(C#N)c(Cl)c2)SC1. The predicted octanol–water partition coefficient (Wildman–Crippen LogP) is 3.36. The Morgan fingerprint density at radius 1 is 1.59 bits per heavy atom. The van der Waals surface area contributed by atoms with Gasteiger partial charge in [0.25, 0.3) is 0 Å². The molecule has 2 rings (SSSR count). The monoisotopic (exact) mass is 265 g/mol. The third-order valence-electron chi connectivity index (χ3n) is 2.39. The van der Waals surface area contributed by atoms with Crippen LogP contribution in [-0.2, 0) is 0 Å². The van der Waals surface area contributed by atoms with Gasteiger partial charge < -0.3 is 5.32 Å². The molecule has 1 aromatic carbocycles. The van der Waals surface area contributed by atoms with Crippen LogP contribution in [0.3, 0.4) is 0 Å². The second kappa shape index (κ2) is 5.44. The van der Waals surface area contributed by atoms with Gasteiger partial charge >= 0.3 is 0 Å². The second-order valence-corrected chi connectivity index (χ2v) is 5.41. The van der Waals surface area contributed by atoms with Crippen molar-refractivity contribution in [2.45, 2.75) is 6.92 Å². The van der Waals surface area contributed by atoms with E-state index in [1.807, 2.05) is 12.1 Å². The normalized spacial score (nSPS) is 19.4. The Balaban J connectivity index is 2.10. The second-order valence-electron chi connectivity index (χ2n) is 3.99. The van der Waals surface area contributed by atoms with Crippen molar-refractivity contribution >= 4 is 34.2 Å². The molecular weight excluding hydrogens is 254 g/mol. The predicted molar refractivity (Wildman–Crippen MR) is 73.7 cm³/mol. The van der Waals surface area contributed by atoms with Crippen LogP contribution in [0.5, 0.6) is 0 Å². The summed E-state index contributed by atoms with van der Waals surface area (Å²) < 4.78 is 0. The highest BCUT2D eigenvalue weighted by atomic mass is 35.5. The lowest BCUT2D eigenvalue weighted by atomic mass is 10.2. The zero-order valence-corrected chi connectivity index (χ0v) is 11.0. The minimum atomic E-state index is 0.465.